The van der Waals surface area contributed by atoms with Crippen molar-refractivity contribution in [1.82, 2.24) is 4.98 Å². The smallest absolute Gasteiger partial charge is 0.255 e. The Morgan fingerprint density at radius 3 is 2.78 bits per heavy atom. The van der Waals surface area contributed by atoms with Crippen molar-refractivity contribution in [3.63, 3.8) is 0 Å². The van der Waals surface area contributed by atoms with Crippen LogP contribution in [0.2, 0.25) is 0 Å². The molecule has 1 aromatic carbocycles. The molecule has 0 aliphatic rings. The minimum atomic E-state index is -1.08. The van der Waals surface area contributed by atoms with Crippen LogP contribution in [0.4, 0.5) is 14.5 Å². The highest BCUT2D eigenvalue weighted by molar-refractivity contribution is 9.10. The van der Waals surface area contributed by atoms with Crippen LogP contribution in [0.1, 0.15) is 10.4 Å². The molecule has 0 atom stereocenters. The largest absolute Gasteiger partial charge is 0.319 e. The Hall–Kier alpha value is -1.82. The van der Waals surface area contributed by atoms with E-state index in [9.17, 15) is 13.6 Å². The molecule has 3 nitrogen and oxygen atoms in total. The second kappa shape index (κ2) is 5.22. The lowest BCUT2D eigenvalue weighted by atomic mass is 10.2. The quantitative estimate of drug-likeness (QED) is 0.864. The van der Waals surface area contributed by atoms with Gasteiger partial charge >= 0.3 is 0 Å². The second-order valence-corrected chi connectivity index (χ2v) is 4.24. The monoisotopic (exact) mass is 312 g/mol. The lowest BCUT2D eigenvalue weighted by Crippen LogP contribution is -2.13. The lowest BCUT2D eigenvalue weighted by molar-refractivity contribution is 0.102. The van der Waals surface area contributed by atoms with E-state index in [2.05, 4.69) is 26.2 Å². The zero-order chi connectivity index (χ0) is 13.1. The summed E-state index contributed by atoms with van der Waals surface area (Å²) >= 11 is 3.12. The van der Waals surface area contributed by atoms with Gasteiger partial charge in [-0.25, -0.2) is 13.8 Å². The van der Waals surface area contributed by atoms with E-state index in [0.29, 0.717) is 10.2 Å². The number of hydrogen-bond acceptors (Lipinski definition) is 2. The first kappa shape index (κ1) is 12.6. The summed E-state index contributed by atoms with van der Waals surface area (Å²) in [7, 11) is 0. The molecule has 0 fully saturated rings. The molecule has 1 heterocycles. The number of rotatable bonds is 2. The van der Waals surface area contributed by atoms with Gasteiger partial charge in [0, 0.05) is 11.8 Å². The van der Waals surface area contributed by atoms with E-state index < -0.39 is 17.5 Å². The lowest BCUT2D eigenvalue weighted by Gasteiger charge is -2.06. The summed E-state index contributed by atoms with van der Waals surface area (Å²) in [5.41, 5.74) is 0.0912. The van der Waals surface area contributed by atoms with Crippen molar-refractivity contribution in [1.29, 1.82) is 0 Å². The van der Waals surface area contributed by atoms with Gasteiger partial charge in [-0.05, 0) is 40.2 Å². The summed E-state index contributed by atoms with van der Waals surface area (Å²) in [5.74, 6) is -2.63. The van der Waals surface area contributed by atoms with Crippen LogP contribution in [0.5, 0.6) is 0 Å². The van der Waals surface area contributed by atoms with E-state index in [1.54, 1.807) is 0 Å². The molecular formula is C12H7BrF2N2O. The van der Waals surface area contributed by atoms with Gasteiger partial charge in [0.2, 0.25) is 0 Å². The molecule has 0 aliphatic heterocycles. The number of aromatic nitrogens is 1. The van der Waals surface area contributed by atoms with Gasteiger partial charge in [-0.1, -0.05) is 6.07 Å². The Bertz CT molecular complexity index is 604. The number of carbonyl (C=O) groups excluding carboxylic acids is 1. The number of nitrogens with zero attached hydrogens (tertiary/aromatic N) is 1. The fraction of sp³-hybridized carbons (Fsp3) is 0. The zero-order valence-electron chi connectivity index (χ0n) is 8.95. The van der Waals surface area contributed by atoms with Crippen LogP contribution in [0.25, 0.3) is 0 Å². The normalized spacial score (nSPS) is 10.2. The van der Waals surface area contributed by atoms with Crippen molar-refractivity contribution in [2.45, 2.75) is 0 Å². The summed E-state index contributed by atoms with van der Waals surface area (Å²) < 4.78 is 26.8. The molecule has 0 unspecified atom stereocenters. The molecule has 1 aromatic heterocycles. The Kier molecular flexibility index (Phi) is 3.66. The van der Waals surface area contributed by atoms with E-state index in [1.807, 2.05) is 0 Å². The molecule has 92 valence electrons. The van der Waals surface area contributed by atoms with E-state index in [-0.39, 0.29) is 5.69 Å². The Morgan fingerprint density at radius 2 is 2.06 bits per heavy atom. The minimum Gasteiger partial charge on any atom is -0.319 e. The average molecular weight is 313 g/mol. The first-order valence-electron chi connectivity index (χ1n) is 4.95. The molecule has 1 N–H and O–H groups in total. The Labute approximate surface area is 110 Å². The number of amides is 1. The molecule has 0 bridgehead atoms. The van der Waals surface area contributed by atoms with Gasteiger partial charge < -0.3 is 5.32 Å². The highest BCUT2D eigenvalue weighted by Gasteiger charge is 2.12. The maximum Gasteiger partial charge on any atom is 0.255 e. The van der Waals surface area contributed by atoms with Gasteiger partial charge in [0.15, 0.2) is 11.6 Å². The highest BCUT2D eigenvalue weighted by Crippen LogP contribution is 2.18. The SMILES string of the molecule is O=C(Nc1cccc(F)c1F)c1ccnc(Br)c1. The molecule has 0 radical (unpaired) electrons. The van der Waals surface area contributed by atoms with Crippen LogP contribution >= 0.6 is 15.9 Å². The number of pyridine rings is 1. The van der Waals surface area contributed by atoms with Crippen LogP contribution in [0.15, 0.2) is 41.1 Å². The first-order valence-corrected chi connectivity index (χ1v) is 5.74. The van der Waals surface area contributed by atoms with Crippen LogP contribution in [0, 0.1) is 11.6 Å². The molecule has 0 aliphatic carbocycles. The van der Waals surface area contributed by atoms with Crippen molar-refractivity contribution in [2.24, 2.45) is 0 Å². The molecule has 0 spiro atoms. The highest BCUT2D eigenvalue weighted by atomic mass is 79.9. The van der Waals surface area contributed by atoms with Crippen LogP contribution in [-0.2, 0) is 0 Å². The van der Waals surface area contributed by atoms with Gasteiger partial charge in [0.25, 0.3) is 5.91 Å². The van der Waals surface area contributed by atoms with Crippen molar-refractivity contribution in [2.75, 3.05) is 5.32 Å². The van der Waals surface area contributed by atoms with Gasteiger partial charge in [-0.3, -0.25) is 4.79 Å². The number of nitrogens with one attached hydrogen (secondary N) is 1. The third kappa shape index (κ3) is 2.70. The first-order chi connectivity index (χ1) is 8.58. The van der Waals surface area contributed by atoms with Crippen molar-refractivity contribution in [3.8, 4) is 0 Å². The third-order valence-electron chi connectivity index (χ3n) is 2.19. The fourth-order valence-electron chi connectivity index (χ4n) is 1.34. The maximum atomic E-state index is 13.3. The Balaban J connectivity index is 2.24. The number of benzene rings is 1. The van der Waals surface area contributed by atoms with Crippen LogP contribution < -0.4 is 5.32 Å². The number of halogens is 3. The van der Waals surface area contributed by atoms with Gasteiger partial charge in [-0.2, -0.15) is 0 Å². The van der Waals surface area contributed by atoms with E-state index in [1.165, 1.54) is 30.5 Å². The fourth-order valence-corrected chi connectivity index (χ4v) is 1.70. The standard InChI is InChI=1S/C12H7BrF2N2O/c13-10-6-7(4-5-16-10)12(18)17-9-3-1-2-8(14)11(9)15/h1-6H,(H,17,18). The molecular weight excluding hydrogens is 306 g/mol. The van der Waals surface area contributed by atoms with E-state index >= 15 is 0 Å². The van der Waals surface area contributed by atoms with Crippen LogP contribution in [-0.4, -0.2) is 10.9 Å². The third-order valence-corrected chi connectivity index (χ3v) is 2.62. The molecule has 2 aromatic rings. The predicted octanol–water partition coefficient (Wildman–Crippen LogP) is 3.37. The second-order valence-electron chi connectivity index (χ2n) is 3.42. The van der Waals surface area contributed by atoms with E-state index in [4.69, 9.17) is 0 Å². The molecule has 18 heavy (non-hydrogen) atoms. The summed E-state index contributed by atoms with van der Waals surface area (Å²) in [4.78, 5) is 15.6. The van der Waals surface area contributed by atoms with Crippen molar-refractivity contribution >= 4 is 27.5 Å². The van der Waals surface area contributed by atoms with Crippen molar-refractivity contribution in [3.05, 3.63) is 58.3 Å². The minimum absolute atomic E-state index is 0.201. The van der Waals surface area contributed by atoms with E-state index in [0.717, 1.165) is 6.07 Å². The molecule has 0 saturated heterocycles. The molecule has 1 amide bonds. The molecule has 6 heteroatoms. The topological polar surface area (TPSA) is 42.0 Å². The summed E-state index contributed by atoms with van der Waals surface area (Å²) in [5, 5.41) is 2.29. The number of anilines is 1. The van der Waals surface area contributed by atoms with Gasteiger partial charge in [-0.15, -0.1) is 0 Å². The number of carbonyl (C=O) groups is 1. The molecule has 2 rings (SSSR count). The summed E-state index contributed by atoms with van der Waals surface area (Å²) in [6, 6.07) is 6.53. The summed E-state index contributed by atoms with van der Waals surface area (Å²) in [6.45, 7) is 0. The Morgan fingerprint density at radius 1 is 1.28 bits per heavy atom. The summed E-state index contributed by atoms with van der Waals surface area (Å²) in [6.07, 6.45) is 1.43. The average Bonchev–Trinajstić information content (AvgIpc) is 2.35. The zero-order valence-corrected chi connectivity index (χ0v) is 10.5. The maximum absolute atomic E-state index is 13.3. The van der Waals surface area contributed by atoms with Gasteiger partial charge in [0.05, 0.1) is 5.69 Å². The molecule has 0 saturated carbocycles. The number of hydrogen-bond donors (Lipinski definition) is 1. The van der Waals surface area contributed by atoms with Gasteiger partial charge in [0.1, 0.15) is 4.60 Å². The van der Waals surface area contributed by atoms with Crippen molar-refractivity contribution < 1.29 is 13.6 Å². The van der Waals surface area contributed by atoms with Crippen LogP contribution in [0.3, 0.4) is 0 Å². The predicted molar refractivity (Wildman–Crippen MR) is 66.2 cm³/mol.